The molecule has 2 aliphatic rings. The van der Waals surface area contributed by atoms with Crippen LogP contribution in [0.25, 0.3) is 0 Å². The topological polar surface area (TPSA) is 69.7 Å². The fourth-order valence-electron chi connectivity index (χ4n) is 4.67. The number of sulfonamides is 1. The third kappa shape index (κ3) is 5.57. The lowest BCUT2D eigenvalue weighted by atomic mass is 9.97. The van der Waals surface area contributed by atoms with Gasteiger partial charge in [-0.2, -0.15) is 4.31 Å². The Hall–Kier alpha value is -2.22. The van der Waals surface area contributed by atoms with Crippen molar-refractivity contribution in [3.05, 3.63) is 65.7 Å². The molecule has 0 saturated carbocycles. The van der Waals surface area contributed by atoms with Gasteiger partial charge in [0.15, 0.2) is 0 Å². The van der Waals surface area contributed by atoms with Crippen LogP contribution in [0.1, 0.15) is 43.2 Å². The van der Waals surface area contributed by atoms with Crippen LogP contribution in [0.2, 0.25) is 0 Å². The molecule has 0 aliphatic carbocycles. The van der Waals surface area contributed by atoms with E-state index in [1.54, 1.807) is 30.3 Å². The lowest BCUT2D eigenvalue weighted by Gasteiger charge is -2.30. The number of piperidine rings is 2. The molecule has 2 saturated heterocycles. The largest absolute Gasteiger partial charge is 0.352 e. The van der Waals surface area contributed by atoms with Crippen LogP contribution in [0.5, 0.6) is 0 Å². The van der Waals surface area contributed by atoms with Crippen LogP contribution in [0, 0.1) is 5.92 Å². The smallest absolute Gasteiger partial charge is 0.243 e. The summed E-state index contributed by atoms with van der Waals surface area (Å²) in [4.78, 5) is 15.6. The minimum atomic E-state index is -3.49. The predicted octanol–water partition coefficient (Wildman–Crippen LogP) is 3.39. The number of rotatable bonds is 7. The molecule has 0 bridgehead atoms. The molecule has 2 fully saturated rings. The molecule has 7 heteroatoms. The van der Waals surface area contributed by atoms with Crippen molar-refractivity contribution in [2.45, 2.75) is 50.1 Å². The number of carbonyl (C=O) groups is 1. The molecule has 172 valence electrons. The second-order valence-electron chi connectivity index (χ2n) is 8.81. The SMILES string of the molecule is O=C(NCc1ccccc1CN1CCCCC1)C1CCN(S(=O)(=O)c2ccccc2)CC1. The van der Waals surface area contributed by atoms with Gasteiger partial charge in [0, 0.05) is 32.1 Å². The zero-order chi connectivity index (χ0) is 22.4. The number of hydrogen-bond donors (Lipinski definition) is 1. The molecule has 1 N–H and O–H groups in total. The van der Waals surface area contributed by atoms with Gasteiger partial charge in [-0.3, -0.25) is 9.69 Å². The Morgan fingerprint density at radius 2 is 1.47 bits per heavy atom. The minimum Gasteiger partial charge on any atom is -0.352 e. The van der Waals surface area contributed by atoms with E-state index < -0.39 is 10.0 Å². The first-order valence-corrected chi connectivity index (χ1v) is 13.1. The van der Waals surface area contributed by atoms with Gasteiger partial charge in [0.05, 0.1) is 4.90 Å². The molecular formula is C25H33N3O3S. The van der Waals surface area contributed by atoms with Crippen molar-refractivity contribution < 1.29 is 13.2 Å². The monoisotopic (exact) mass is 455 g/mol. The maximum absolute atomic E-state index is 12.8. The molecule has 0 spiro atoms. The van der Waals surface area contributed by atoms with Gasteiger partial charge in [-0.15, -0.1) is 0 Å². The second kappa shape index (κ2) is 10.6. The lowest BCUT2D eigenvalue weighted by molar-refractivity contribution is -0.126. The summed E-state index contributed by atoms with van der Waals surface area (Å²) in [5, 5.41) is 3.11. The lowest BCUT2D eigenvalue weighted by Crippen LogP contribution is -2.42. The molecule has 4 rings (SSSR count). The third-order valence-electron chi connectivity index (χ3n) is 6.62. The summed E-state index contributed by atoms with van der Waals surface area (Å²) in [6.07, 6.45) is 4.94. The van der Waals surface area contributed by atoms with E-state index >= 15 is 0 Å². The summed E-state index contributed by atoms with van der Waals surface area (Å²) < 4.78 is 27.1. The molecule has 0 atom stereocenters. The average molecular weight is 456 g/mol. The Morgan fingerprint density at radius 1 is 0.844 bits per heavy atom. The van der Waals surface area contributed by atoms with Gasteiger partial charge in [-0.1, -0.05) is 48.9 Å². The minimum absolute atomic E-state index is 0.0227. The van der Waals surface area contributed by atoms with Crippen LogP contribution in [-0.4, -0.2) is 49.7 Å². The average Bonchev–Trinajstić information content (AvgIpc) is 2.84. The van der Waals surface area contributed by atoms with Crippen LogP contribution in [0.15, 0.2) is 59.5 Å². The summed E-state index contributed by atoms with van der Waals surface area (Å²) in [7, 11) is -3.49. The highest BCUT2D eigenvalue weighted by Gasteiger charge is 2.32. The van der Waals surface area contributed by atoms with Gasteiger partial charge in [-0.25, -0.2) is 8.42 Å². The fourth-order valence-corrected chi connectivity index (χ4v) is 6.16. The zero-order valence-electron chi connectivity index (χ0n) is 18.6. The Kier molecular flexibility index (Phi) is 7.60. The molecule has 0 radical (unpaired) electrons. The number of hydrogen-bond acceptors (Lipinski definition) is 4. The van der Waals surface area contributed by atoms with E-state index in [0.29, 0.717) is 37.4 Å². The molecular weight excluding hydrogens is 422 g/mol. The molecule has 2 heterocycles. The van der Waals surface area contributed by atoms with Crippen LogP contribution >= 0.6 is 0 Å². The highest BCUT2D eigenvalue weighted by Crippen LogP contribution is 2.24. The molecule has 0 unspecified atom stereocenters. The number of carbonyl (C=O) groups excluding carboxylic acids is 1. The summed E-state index contributed by atoms with van der Waals surface area (Å²) >= 11 is 0. The van der Waals surface area contributed by atoms with Crippen LogP contribution in [0.4, 0.5) is 0 Å². The first kappa shape index (κ1) is 23.0. The third-order valence-corrected chi connectivity index (χ3v) is 8.53. The number of benzene rings is 2. The Bertz CT molecular complexity index is 996. The van der Waals surface area contributed by atoms with Crippen LogP contribution in [0.3, 0.4) is 0 Å². The number of amides is 1. The van der Waals surface area contributed by atoms with Crippen molar-refractivity contribution in [1.29, 1.82) is 0 Å². The normalized spacial score (nSPS) is 19.0. The summed E-state index contributed by atoms with van der Waals surface area (Å²) in [5.41, 5.74) is 2.44. The van der Waals surface area contributed by atoms with Gasteiger partial charge < -0.3 is 5.32 Å². The van der Waals surface area contributed by atoms with Crippen LogP contribution in [-0.2, 0) is 27.9 Å². The van der Waals surface area contributed by atoms with E-state index in [1.807, 2.05) is 6.07 Å². The molecule has 32 heavy (non-hydrogen) atoms. The van der Waals surface area contributed by atoms with Crippen molar-refractivity contribution in [3.63, 3.8) is 0 Å². The quantitative estimate of drug-likeness (QED) is 0.695. The van der Waals surface area contributed by atoms with E-state index in [2.05, 4.69) is 28.4 Å². The first-order chi connectivity index (χ1) is 15.5. The number of nitrogens with one attached hydrogen (secondary N) is 1. The maximum Gasteiger partial charge on any atom is 0.243 e. The first-order valence-electron chi connectivity index (χ1n) is 11.7. The molecule has 2 aliphatic heterocycles. The molecule has 1 amide bonds. The molecule has 0 aromatic heterocycles. The van der Waals surface area contributed by atoms with Gasteiger partial charge in [0.25, 0.3) is 0 Å². The predicted molar refractivity (Wildman–Crippen MR) is 125 cm³/mol. The van der Waals surface area contributed by atoms with E-state index in [-0.39, 0.29) is 11.8 Å². The number of nitrogens with zero attached hydrogens (tertiary/aromatic N) is 2. The second-order valence-corrected chi connectivity index (χ2v) is 10.8. The highest BCUT2D eigenvalue weighted by molar-refractivity contribution is 7.89. The van der Waals surface area contributed by atoms with Gasteiger partial charge in [-0.05, 0) is 62.0 Å². The van der Waals surface area contributed by atoms with E-state index in [1.165, 1.54) is 29.1 Å². The molecule has 6 nitrogen and oxygen atoms in total. The Morgan fingerprint density at radius 3 is 2.16 bits per heavy atom. The van der Waals surface area contributed by atoms with Gasteiger partial charge in [0.1, 0.15) is 0 Å². The Balaban J connectivity index is 1.30. The van der Waals surface area contributed by atoms with Crippen molar-refractivity contribution in [1.82, 2.24) is 14.5 Å². The zero-order valence-corrected chi connectivity index (χ0v) is 19.4. The highest BCUT2D eigenvalue weighted by atomic mass is 32.2. The maximum atomic E-state index is 12.8. The van der Waals surface area contributed by atoms with Crippen LogP contribution < -0.4 is 5.32 Å². The van der Waals surface area contributed by atoms with Crippen molar-refractivity contribution in [3.8, 4) is 0 Å². The van der Waals surface area contributed by atoms with Gasteiger partial charge in [0.2, 0.25) is 15.9 Å². The summed E-state index contributed by atoms with van der Waals surface area (Å²) in [6, 6.07) is 16.8. The standard InChI is InChI=1S/C25H33N3O3S/c29-25(21-13-17-28(18-14-21)32(30,31)24-11-3-1-4-12-24)26-19-22-9-5-6-10-23(22)20-27-15-7-2-8-16-27/h1,3-6,9-12,21H,2,7-8,13-20H2,(H,26,29). The molecule has 2 aromatic rings. The summed E-state index contributed by atoms with van der Waals surface area (Å²) in [5.74, 6) is -0.124. The number of likely N-dealkylation sites (tertiary alicyclic amines) is 1. The molecule has 2 aromatic carbocycles. The fraction of sp³-hybridized carbons (Fsp3) is 0.480. The van der Waals surface area contributed by atoms with Crippen molar-refractivity contribution in [2.75, 3.05) is 26.2 Å². The van der Waals surface area contributed by atoms with E-state index in [9.17, 15) is 13.2 Å². The van der Waals surface area contributed by atoms with Crippen molar-refractivity contribution >= 4 is 15.9 Å². The summed E-state index contributed by atoms with van der Waals surface area (Å²) in [6.45, 7) is 4.49. The van der Waals surface area contributed by atoms with E-state index in [4.69, 9.17) is 0 Å². The van der Waals surface area contributed by atoms with E-state index in [0.717, 1.165) is 25.2 Å². The van der Waals surface area contributed by atoms with Gasteiger partial charge >= 0.3 is 0 Å². The Labute approximate surface area is 191 Å². The van der Waals surface area contributed by atoms with Crippen molar-refractivity contribution in [2.24, 2.45) is 5.92 Å².